The Morgan fingerprint density at radius 2 is 1.74 bits per heavy atom. The van der Waals surface area contributed by atoms with E-state index in [-0.39, 0.29) is 5.91 Å². The number of nitrogens with zero attached hydrogens (tertiary/aromatic N) is 3. The zero-order valence-corrected chi connectivity index (χ0v) is 16.4. The lowest BCUT2D eigenvalue weighted by molar-refractivity contribution is 0.0746. The third-order valence-electron chi connectivity index (χ3n) is 4.52. The Balaban J connectivity index is 1.86. The van der Waals surface area contributed by atoms with Crippen molar-refractivity contribution >= 4 is 5.91 Å². The Morgan fingerprint density at radius 1 is 1.07 bits per heavy atom. The van der Waals surface area contributed by atoms with E-state index in [0.29, 0.717) is 41.8 Å². The number of amides is 1. The van der Waals surface area contributed by atoms with Crippen molar-refractivity contribution in [3.05, 3.63) is 41.0 Å². The number of carbonyl (C=O) groups is 1. The number of ether oxygens (including phenoxy) is 3. The minimum absolute atomic E-state index is 0.142. The van der Waals surface area contributed by atoms with Crippen molar-refractivity contribution < 1.29 is 19.0 Å². The highest BCUT2D eigenvalue weighted by molar-refractivity contribution is 5.98. The molecule has 144 valence electrons. The van der Waals surface area contributed by atoms with Crippen LogP contribution >= 0.6 is 0 Å². The van der Waals surface area contributed by atoms with Crippen LogP contribution in [0.15, 0.2) is 18.3 Å². The molecule has 2 heterocycles. The van der Waals surface area contributed by atoms with Gasteiger partial charge >= 0.3 is 0 Å². The number of hydrogen-bond donors (Lipinski definition) is 0. The van der Waals surface area contributed by atoms with Crippen LogP contribution in [0.25, 0.3) is 0 Å². The van der Waals surface area contributed by atoms with Gasteiger partial charge in [-0.05, 0) is 5.92 Å². The highest BCUT2D eigenvalue weighted by Crippen LogP contribution is 2.36. The van der Waals surface area contributed by atoms with E-state index in [1.165, 1.54) is 14.2 Å². The molecule has 0 unspecified atom stereocenters. The molecule has 0 saturated carbocycles. The molecule has 0 radical (unpaired) electrons. The average Bonchev–Trinajstić information content (AvgIpc) is 3.09. The molecule has 7 nitrogen and oxygen atoms in total. The van der Waals surface area contributed by atoms with Crippen molar-refractivity contribution in [1.29, 1.82) is 0 Å². The third kappa shape index (κ3) is 3.82. The lowest BCUT2D eigenvalue weighted by Crippen LogP contribution is -2.26. The van der Waals surface area contributed by atoms with Crippen LogP contribution in [0, 0.1) is 5.92 Å². The van der Waals surface area contributed by atoms with Gasteiger partial charge in [-0.3, -0.25) is 4.79 Å². The van der Waals surface area contributed by atoms with Gasteiger partial charge in [-0.25, -0.2) is 9.97 Å². The predicted octanol–water partition coefficient (Wildman–Crippen LogP) is 2.86. The van der Waals surface area contributed by atoms with Crippen molar-refractivity contribution in [1.82, 2.24) is 14.9 Å². The summed E-state index contributed by atoms with van der Waals surface area (Å²) in [6.07, 6.45) is 2.66. The molecule has 3 rings (SSSR count). The number of methoxy groups -OCH3 is 3. The molecule has 1 aliphatic rings. The van der Waals surface area contributed by atoms with E-state index in [4.69, 9.17) is 14.2 Å². The lowest BCUT2D eigenvalue weighted by atomic mass is 10.1. The molecule has 1 aliphatic heterocycles. The normalized spacial score (nSPS) is 12.9. The zero-order valence-electron chi connectivity index (χ0n) is 16.4. The molecule has 0 bridgehead atoms. The van der Waals surface area contributed by atoms with Crippen LogP contribution in [0.1, 0.15) is 41.3 Å². The molecular weight excluding hydrogens is 346 g/mol. The molecule has 0 atom stereocenters. The van der Waals surface area contributed by atoms with E-state index >= 15 is 0 Å². The number of benzene rings is 1. The summed E-state index contributed by atoms with van der Waals surface area (Å²) in [4.78, 5) is 23.9. The van der Waals surface area contributed by atoms with Crippen LogP contribution in [0.3, 0.4) is 0 Å². The number of carbonyl (C=O) groups excluding carboxylic acids is 1. The molecule has 1 aromatic heterocycles. The monoisotopic (exact) mass is 371 g/mol. The Morgan fingerprint density at radius 3 is 2.37 bits per heavy atom. The van der Waals surface area contributed by atoms with E-state index in [1.807, 2.05) is 6.20 Å². The van der Waals surface area contributed by atoms with Crippen molar-refractivity contribution in [2.45, 2.75) is 33.4 Å². The molecule has 1 amide bonds. The van der Waals surface area contributed by atoms with Gasteiger partial charge in [-0.1, -0.05) is 13.8 Å². The van der Waals surface area contributed by atoms with E-state index < -0.39 is 0 Å². The second-order valence-electron chi connectivity index (χ2n) is 6.92. The topological polar surface area (TPSA) is 73.8 Å². The van der Waals surface area contributed by atoms with Gasteiger partial charge in [-0.2, -0.15) is 0 Å². The predicted molar refractivity (Wildman–Crippen MR) is 100 cm³/mol. The zero-order chi connectivity index (χ0) is 19.6. The summed E-state index contributed by atoms with van der Waals surface area (Å²) in [6.45, 7) is 5.21. The van der Waals surface area contributed by atoms with Gasteiger partial charge in [0, 0.05) is 36.9 Å². The van der Waals surface area contributed by atoms with Crippen LogP contribution in [0.4, 0.5) is 0 Å². The second-order valence-corrected chi connectivity index (χ2v) is 6.92. The first kappa shape index (κ1) is 18.9. The highest BCUT2D eigenvalue weighted by atomic mass is 16.5. The van der Waals surface area contributed by atoms with Crippen LogP contribution in [-0.2, 0) is 19.5 Å². The standard InChI is InChI=1S/C20H25N3O4/c1-12(2)6-19-21-9-13-10-23(11-15(13)22-19)20(24)14-7-17(26-4)18(27-5)8-16(14)25-3/h7-9,12H,6,10-11H2,1-5H3. The number of aromatic nitrogens is 2. The molecular formula is C20H25N3O4. The molecule has 2 aromatic rings. The van der Waals surface area contributed by atoms with Gasteiger partial charge in [0.2, 0.25) is 0 Å². The summed E-state index contributed by atoms with van der Waals surface area (Å²) < 4.78 is 16.0. The van der Waals surface area contributed by atoms with Gasteiger partial charge in [0.05, 0.1) is 39.1 Å². The Hall–Kier alpha value is -2.83. The fourth-order valence-corrected chi connectivity index (χ4v) is 3.17. The molecule has 0 aliphatic carbocycles. The van der Waals surface area contributed by atoms with E-state index in [2.05, 4.69) is 23.8 Å². The van der Waals surface area contributed by atoms with E-state index in [1.54, 1.807) is 24.1 Å². The van der Waals surface area contributed by atoms with E-state index in [0.717, 1.165) is 23.5 Å². The smallest absolute Gasteiger partial charge is 0.258 e. The first-order valence-corrected chi connectivity index (χ1v) is 8.89. The van der Waals surface area contributed by atoms with Gasteiger partial charge in [0.15, 0.2) is 11.5 Å². The number of hydrogen-bond acceptors (Lipinski definition) is 6. The van der Waals surface area contributed by atoms with E-state index in [9.17, 15) is 4.79 Å². The quantitative estimate of drug-likeness (QED) is 0.777. The third-order valence-corrected chi connectivity index (χ3v) is 4.52. The fraction of sp³-hybridized carbons (Fsp3) is 0.450. The van der Waals surface area contributed by atoms with Gasteiger partial charge < -0.3 is 19.1 Å². The van der Waals surface area contributed by atoms with Crippen LogP contribution < -0.4 is 14.2 Å². The van der Waals surface area contributed by atoms with Crippen molar-refractivity contribution in [2.24, 2.45) is 5.92 Å². The fourth-order valence-electron chi connectivity index (χ4n) is 3.17. The van der Waals surface area contributed by atoms with Crippen molar-refractivity contribution in [3.63, 3.8) is 0 Å². The Labute approximate surface area is 159 Å². The summed E-state index contributed by atoms with van der Waals surface area (Å²) >= 11 is 0. The second kappa shape index (κ2) is 7.82. The van der Waals surface area contributed by atoms with Crippen LogP contribution in [0.2, 0.25) is 0 Å². The molecule has 7 heteroatoms. The van der Waals surface area contributed by atoms with Gasteiger partial charge in [0.1, 0.15) is 11.6 Å². The molecule has 0 saturated heterocycles. The maximum absolute atomic E-state index is 13.1. The maximum atomic E-state index is 13.1. The Kier molecular flexibility index (Phi) is 5.48. The first-order chi connectivity index (χ1) is 13.0. The summed E-state index contributed by atoms with van der Waals surface area (Å²) in [5.74, 6) is 2.61. The summed E-state index contributed by atoms with van der Waals surface area (Å²) in [6, 6.07) is 3.31. The minimum Gasteiger partial charge on any atom is -0.496 e. The van der Waals surface area contributed by atoms with Gasteiger partial charge in [-0.15, -0.1) is 0 Å². The van der Waals surface area contributed by atoms with Crippen molar-refractivity contribution in [3.8, 4) is 17.2 Å². The minimum atomic E-state index is -0.142. The molecule has 0 spiro atoms. The molecule has 0 N–H and O–H groups in total. The first-order valence-electron chi connectivity index (χ1n) is 8.89. The maximum Gasteiger partial charge on any atom is 0.258 e. The lowest BCUT2D eigenvalue weighted by Gasteiger charge is -2.19. The van der Waals surface area contributed by atoms with Crippen molar-refractivity contribution in [2.75, 3.05) is 21.3 Å². The molecule has 0 fully saturated rings. The summed E-state index contributed by atoms with van der Waals surface area (Å²) in [5, 5.41) is 0. The molecule has 1 aromatic carbocycles. The largest absolute Gasteiger partial charge is 0.496 e. The summed E-state index contributed by atoms with van der Waals surface area (Å²) in [5.41, 5.74) is 2.32. The Bertz CT molecular complexity index is 851. The van der Waals surface area contributed by atoms with Gasteiger partial charge in [0.25, 0.3) is 5.91 Å². The number of fused-ring (bicyclic) bond motifs is 1. The van der Waals surface area contributed by atoms with Crippen LogP contribution in [-0.4, -0.2) is 42.1 Å². The SMILES string of the molecule is COc1cc(OC)c(C(=O)N2Cc3cnc(CC(C)C)nc3C2)cc1OC. The number of rotatable bonds is 6. The summed E-state index contributed by atoms with van der Waals surface area (Å²) in [7, 11) is 4.61. The van der Waals surface area contributed by atoms with Crippen LogP contribution in [0.5, 0.6) is 17.2 Å². The highest BCUT2D eigenvalue weighted by Gasteiger charge is 2.29. The average molecular weight is 371 g/mol. The molecule has 27 heavy (non-hydrogen) atoms.